The van der Waals surface area contributed by atoms with Gasteiger partial charge in [0.2, 0.25) is 0 Å². The van der Waals surface area contributed by atoms with E-state index in [0.717, 1.165) is 38.3 Å². The van der Waals surface area contributed by atoms with Gasteiger partial charge in [-0.05, 0) is 24.6 Å². The molecular weight excluding hydrogens is 277 g/mol. The summed E-state index contributed by atoms with van der Waals surface area (Å²) in [6.45, 7) is 2.49. The molecule has 1 aliphatic rings. The standard InChI is InChI=1S/C13H17F3N2.ClH/c14-4-3-13(18-7-5-17-6-8-18)11-9-10(15)1-2-12(11)16;/h1-2,9,13,17H,3-8H2;1H/t13-;/m0./s1. The summed E-state index contributed by atoms with van der Waals surface area (Å²) in [4.78, 5) is 2.01. The van der Waals surface area contributed by atoms with E-state index in [9.17, 15) is 13.2 Å². The predicted molar refractivity (Wildman–Crippen MR) is 71.4 cm³/mol. The van der Waals surface area contributed by atoms with Crippen LogP contribution < -0.4 is 5.32 Å². The molecule has 0 bridgehead atoms. The van der Waals surface area contributed by atoms with Gasteiger partial charge in [-0.15, -0.1) is 12.4 Å². The van der Waals surface area contributed by atoms with Gasteiger partial charge in [0.25, 0.3) is 0 Å². The van der Waals surface area contributed by atoms with Gasteiger partial charge in [0.05, 0.1) is 6.67 Å². The Morgan fingerprint density at radius 1 is 1.21 bits per heavy atom. The Morgan fingerprint density at radius 3 is 2.53 bits per heavy atom. The lowest BCUT2D eigenvalue weighted by Gasteiger charge is -2.35. The van der Waals surface area contributed by atoms with Gasteiger partial charge in [-0.3, -0.25) is 9.29 Å². The average molecular weight is 295 g/mol. The fourth-order valence-corrected chi connectivity index (χ4v) is 2.40. The minimum absolute atomic E-state index is 0. The monoisotopic (exact) mass is 294 g/mol. The zero-order chi connectivity index (χ0) is 13.0. The topological polar surface area (TPSA) is 15.3 Å². The van der Waals surface area contributed by atoms with Gasteiger partial charge in [0.15, 0.2) is 0 Å². The minimum Gasteiger partial charge on any atom is -0.314 e. The Kier molecular flexibility index (Phi) is 6.62. The molecule has 1 fully saturated rings. The molecule has 1 atom stereocenters. The molecule has 0 aromatic heterocycles. The van der Waals surface area contributed by atoms with Crippen LogP contribution in [0.15, 0.2) is 18.2 Å². The highest BCUT2D eigenvalue weighted by Crippen LogP contribution is 2.27. The summed E-state index contributed by atoms with van der Waals surface area (Å²) in [5, 5.41) is 3.19. The highest BCUT2D eigenvalue weighted by atomic mass is 35.5. The number of rotatable bonds is 4. The number of alkyl halides is 1. The lowest BCUT2D eigenvalue weighted by atomic mass is 10.0. The van der Waals surface area contributed by atoms with Crippen LogP contribution >= 0.6 is 12.4 Å². The van der Waals surface area contributed by atoms with Crippen LogP contribution in [0.2, 0.25) is 0 Å². The van der Waals surface area contributed by atoms with Crippen molar-refractivity contribution in [2.24, 2.45) is 0 Å². The van der Waals surface area contributed by atoms with E-state index in [1.54, 1.807) is 0 Å². The molecule has 0 aliphatic carbocycles. The summed E-state index contributed by atoms with van der Waals surface area (Å²) in [6.07, 6.45) is 0.195. The first-order valence-electron chi connectivity index (χ1n) is 6.18. The van der Waals surface area contributed by atoms with Crippen LogP contribution in [0.25, 0.3) is 0 Å². The van der Waals surface area contributed by atoms with E-state index < -0.39 is 18.3 Å². The maximum Gasteiger partial charge on any atom is 0.128 e. The first kappa shape index (κ1) is 16.3. The molecule has 1 saturated heterocycles. The van der Waals surface area contributed by atoms with Crippen LogP contribution in [0.1, 0.15) is 18.0 Å². The highest BCUT2D eigenvalue weighted by molar-refractivity contribution is 5.85. The molecule has 2 rings (SSSR count). The smallest absolute Gasteiger partial charge is 0.128 e. The van der Waals surface area contributed by atoms with Crippen LogP contribution in [0.5, 0.6) is 0 Å². The normalized spacial score (nSPS) is 17.8. The van der Waals surface area contributed by atoms with E-state index in [-0.39, 0.29) is 30.4 Å². The van der Waals surface area contributed by atoms with E-state index in [1.807, 2.05) is 4.90 Å². The first-order chi connectivity index (χ1) is 8.72. The number of hydrogen-bond acceptors (Lipinski definition) is 2. The molecule has 0 spiro atoms. The molecule has 1 heterocycles. The average Bonchev–Trinajstić information content (AvgIpc) is 2.40. The summed E-state index contributed by atoms with van der Waals surface area (Å²) in [5.41, 5.74) is 0.259. The van der Waals surface area contributed by atoms with E-state index in [4.69, 9.17) is 0 Å². The Labute approximate surface area is 117 Å². The van der Waals surface area contributed by atoms with Crippen molar-refractivity contribution in [2.45, 2.75) is 12.5 Å². The number of hydrogen-bond donors (Lipinski definition) is 1. The second kappa shape index (κ2) is 7.72. The summed E-state index contributed by atoms with van der Waals surface area (Å²) in [7, 11) is 0. The maximum atomic E-state index is 13.8. The van der Waals surface area contributed by atoms with Gasteiger partial charge in [-0.25, -0.2) is 8.78 Å². The van der Waals surface area contributed by atoms with Crippen LogP contribution in [0.4, 0.5) is 13.2 Å². The number of halogens is 4. The molecule has 6 heteroatoms. The number of nitrogens with one attached hydrogen (secondary N) is 1. The lowest BCUT2D eigenvalue weighted by molar-refractivity contribution is 0.154. The summed E-state index contributed by atoms with van der Waals surface area (Å²) < 4.78 is 39.6. The lowest BCUT2D eigenvalue weighted by Crippen LogP contribution is -2.45. The van der Waals surface area contributed by atoms with Crippen molar-refractivity contribution in [1.29, 1.82) is 0 Å². The third kappa shape index (κ3) is 4.09. The molecule has 0 unspecified atom stereocenters. The van der Waals surface area contributed by atoms with Crippen molar-refractivity contribution in [1.82, 2.24) is 10.2 Å². The molecule has 0 radical (unpaired) electrons. The van der Waals surface area contributed by atoms with Crippen molar-refractivity contribution < 1.29 is 13.2 Å². The Hall–Kier alpha value is -0.780. The molecular formula is C13H18ClF3N2. The molecule has 2 nitrogen and oxygen atoms in total. The van der Waals surface area contributed by atoms with E-state index >= 15 is 0 Å². The Bertz CT molecular complexity index is 397. The van der Waals surface area contributed by atoms with Crippen LogP contribution in [0.3, 0.4) is 0 Å². The van der Waals surface area contributed by atoms with Gasteiger partial charge < -0.3 is 5.32 Å². The number of nitrogens with zero attached hydrogens (tertiary/aromatic N) is 1. The van der Waals surface area contributed by atoms with Crippen molar-refractivity contribution in [2.75, 3.05) is 32.9 Å². The Morgan fingerprint density at radius 2 is 1.89 bits per heavy atom. The molecule has 1 aliphatic heterocycles. The predicted octanol–water partition coefficient (Wildman–Crippen LogP) is 2.69. The van der Waals surface area contributed by atoms with Crippen LogP contribution in [0, 0.1) is 11.6 Å². The van der Waals surface area contributed by atoms with Crippen molar-refractivity contribution in [3.63, 3.8) is 0 Å². The zero-order valence-corrected chi connectivity index (χ0v) is 11.4. The molecule has 108 valence electrons. The number of benzene rings is 1. The van der Waals surface area contributed by atoms with Gasteiger partial charge >= 0.3 is 0 Å². The third-order valence-corrected chi connectivity index (χ3v) is 3.29. The fraction of sp³-hybridized carbons (Fsp3) is 0.538. The van der Waals surface area contributed by atoms with Gasteiger partial charge in [-0.1, -0.05) is 0 Å². The van der Waals surface area contributed by atoms with Crippen molar-refractivity contribution in [3.05, 3.63) is 35.4 Å². The zero-order valence-electron chi connectivity index (χ0n) is 10.5. The Balaban J connectivity index is 0.00000180. The molecule has 1 aromatic carbocycles. The largest absolute Gasteiger partial charge is 0.314 e. The molecule has 1 N–H and O–H groups in total. The molecule has 0 saturated carbocycles. The molecule has 0 amide bonds. The summed E-state index contributed by atoms with van der Waals surface area (Å²) in [5.74, 6) is -0.946. The molecule has 1 aromatic rings. The van der Waals surface area contributed by atoms with Gasteiger partial charge in [0, 0.05) is 37.8 Å². The van der Waals surface area contributed by atoms with Crippen LogP contribution in [-0.4, -0.2) is 37.8 Å². The minimum atomic E-state index is -0.537. The highest BCUT2D eigenvalue weighted by Gasteiger charge is 2.24. The quantitative estimate of drug-likeness (QED) is 0.918. The summed E-state index contributed by atoms with van der Waals surface area (Å²) >= 11 is 0. The first-order valence-corrected chi connectivity index (χ1v) is 6.18. The summed E-state index contributed by atoms with van der Waals surface area (Å²) in [6, 6.07) is 2.99. The van der Waals surface area contributed by atoms with E-state index in [2.05, 4.69) is 5.32 Å². The maximum absolute atomic E-state index is 13.8. The SMILES string of the molecule is Cl.FCC[C@@H](c1cc(F)ccc1F)N1CCNCC1. The fourth-order valence-electron chi connectivity index (χ4n) is 2.40. The second-order valence-electron chi connectivity index (χ2n) is 4.45. The van der Waals surface area contributed by atoms with Gasteiger partial charge in [-0.2, -0.15) is 0 Å². The van der Waals surface area contributed by atoms with E-state index in [1.165, 1.54) is 6.07 Å². The van der Waals surface area contributed by atoms with E-state index in [0.29, 0.717) is 0 Å². The van der Waals surface area contributed by atoms with Crippen molar-refractivity contribution in [3.8, 4) is 0 Å². The number of piperazine rings is 1. The van der Waals surface area contributed by atoms with Crippen molar-refractivity contribution >= 4 is 12.4 Å². The second-order valence-corrected chi connectivity index (χ2v) is 4.45. The van der Waals surface area contributed by atoms with Gasteiger partial charge in [0.1, 0.15) is 11.6 Å². The third-order valence-electron chi connectivity index (χ3n) is 3.29. The van der Waals surface area contributed by atoms with Crippen LogP contribution in [-0.2, 0) is 0 Å². The molecule has 19 heavy (non-hydrogen) atoms.